The Hall–Kier alpha value is -1.06. The molecule has 0 aliphatic carbocycles. The summed E-state index contributed by atoms with van der Waals surface area (Å²) in [7, 11) is 0. The van der Waals surface area contributed by atoms with Crippen LogP contribution in [0.15, 0.2) is 30.3 Å². The highest BCUT2D eigenvalue weighted by Crippen LogP contribution is 2.29. The van der Waals surface area contributed by atoms with Gasteiger partial charge in [0.05, 0.1) is 0 Å². The van der Waals surface area contributed by atoms with Gasteiger partial charge in [-0.05, 0) is 48.7 Å². The third-order valence-corrected chi connectivity index (χ3v) is 4.96. The quantitative estimate of drug-likeness (QED) is 0.829. The van der Waals surface area contributed by atoms with Crippen LogP contribution >= 0.6 is 12.4 Å². The van der Waals surface area contributed by atoms with E-state index in [1.54, 1.807) is 0 Å². The normalized spacial score (nSPS) is 18.1. The van der Waals surface area contributed by atoms with E-state index in [0.717, 1.165) is 32.5 Å². The van der Waals surface area contributed by atoms with E-state index in [1.165, 1.54) is 5.56 Å². The first-order valence-electron chi connectivity index (χ1n) is 8.52. The molecular formula is C19H31ClN2O. The van der Waals surface area contributed by atoms with Crippen molar-refractivity contribution >= 4 is 18.3 Å². The average Bonchev–Trinajstić information content (AvgIpc) is 2.52. The lowest BCUT2D eigenvalue weighted by Gasteiger charge is -2.34. The summed E-state index contributed by atoms with van der Waals surface area (Å²) in [6.45, 7) is 9.59. The van der Waals surface area contributed by atoms with E-state index in [0.29, 0.717) is 18.3 Å². The highest BCUT2D eigenvalue weighted by atomic mass is 35.5. The van der Waals surface area contributed by atoms with Gasteiger partial charge in [-0.3, -0.25) is 4.79 Å². The molecule has 1 aliphatic rings. The zero-order valence-electron chi connectivity index (χ0n) is 14.6. The molecule has 2 rings (SSSR count). The fourth-order valence-corrected chi connectivity index (χ4v) is 3.23. The lowest BCUT2D eigenvalue weighted by molar-refractivity contribution is -0.122. The summed E-state index contributed by atoms with van der Waals surface area (Å²) in [4.78, 5) is 12.4. The van der Waals surface area contributed by atoms with Crippen molar-refractivity contribution < 1.29 is 4.79 Å². The molecule has 0 radical (unpaired) electrons. The lowest BCUT2D eigenvalue weighted by Crippen LogP contribution is -2.43. The van der Waals surface area contributed by atoms with Crippen LogP contribution in [0, 0.1) is 11.3 Å². The highest BCUT2D eigenvalue weighted by Gasteiger charge is 2.27. The number of amides is 1. The standard InChI is InChI=1S/C19H30N2O.ClH/c1-15(2)17(16-7-5-4-6-8-16)13-18(22)21-14-19(3)9-11-20-12-10-19;/h4-8,15,17,20H,9-14H2,1-3H3,(H,21,22);1H. The van der Waals surface area contributed by atoms with Crippen LogP contribution in [-0.4, -0.2) is 25.5 Å². The van der Waals surface area contributed by atoms with Crippen LogP contribution < -0.4 is 10.6 Å². The van der Waals surface area contributed by atoms with E-state index in [-0.39, 0.29) is 23.7 Å². The van der Waals surface area contributed by atoms with Gasteiger partial charge < -0.3 is 10.6 Å². The molecule has 2 N–H and O–H groups in total. The molecule has 1 saturated heterocycles. The zero-order valence-corrected chi connectivity index (χ0v) is 15.4. The van der Waals surface area contributed by atoms with Crippen LogP contribution in [0.1, 0.15) is 51.5 Å². The smallest absolute Gasteiger partial charge is 0.220 e. The molecule has 1 aliphatic heterocycles. The van der Waals surface area contributed by atoms with Gasteiger partial charge in [-0.2, -0.15) is 0 Å². The molecule has 3 nitrogen and oxygen atoms in total. The van der Waals surface area contributed by atoms with Crippen molar-refractivity contribution in [2.24, 2.45) is 11.3 Å². The van der Waals surface area contributed by atoms with Crippen molar-refractivity contribution in [1.29, 1.82) is 0 Å². The third-order valence-electron chi connectivity index (χ3n) is 4.96. The summed E-state index contributed by atoms with van der Waals surface area (Å²) in [5, 5.41) is 6.56. The van der Waals surface area contributed by atoms with Crippen molar-refractivity contribution in [2.75, 3.05) is 19.6 Å². The Morgan fingerprint density at radius 2 is 1.83 bits per heavy atom. The molecule has 0 spiro atoms. The van der Waals surface area contributed by atoms with Crippen molar-refractivity contribution in [3.63, 3.8) is 0 Å². The van der Waals surface area contributed by atoms with Crippen LogP contribution in [0.5, 0.6) is 0 Å². The molecule has 0 bridgehead atoms. The zero-order chi connectivity index (χ0) is 16.0. The Morgan fingerprint density at radius 1 is 1.22 bits per heavy atom. The maximum absolute atomic E-state index is 12.4. The minimum Gasteiger partial charge on any atom is -0.356 e. The molecule has 1 unspecified atom stereocenters. The maximum atomic E-state index is 12.4. The van der Waals surface area contributed by atoms with Crippen LogP contribution in [-0.2, 0) is 4.79 Å². The van der Waals surface area contributed by atoms with Gasteiger partial charge in [-0.25, -0.2) is 0 Å². The summed E-state index contributed by atoms with van der Waals surface area (Å²) >= 11 is 0. The van der Waals surface area contributed by atoms with Crippen LogP contribution in [0.2, 0.25) is 0 Å². The molecule has 1 amide bonds. The number of hydrogen-bond acceptors (Lipinski definition) is 2. The molecule has 0 aromatic heterocycles. The van der Waals surface area contributed by atoms with E-state index in [9.17, 15) is 4.79 Å². The summed E-state index contributed by atoms with van der Waals surface area (Å²) in [6, 6.07) is 10.4. The van der Waals surface area contributed by atoms with Crippen LogP contribution in [0.25, 0.3) is 0 Å². The first kappa shape index (κ1) is 20.0. The Morgan fingerprint density at radius 3 is 2.39 bits per heavy atom. The second-order valence-corrected chi connectivity index (χ2v) is 7.30. The number of carbonyl (C=O) groups excluding carboxylic acids is 1. The van der Waals surface area contributed by atoms with Gasteiger partial charge in [0, 0.05) is 13.0 Å². The van der Waals surface area contributed by atoms with Crippen molar-refractivity contribution in [1.82, 2.24) is 10.6 Å². The molecule has 4 heteroatoms. The summed E-state index contributed by atoms with van der Waals surface area (Å²) < 4.78 is 0. The predicted octanol–water partition coefficient (Wildman–Crippen LogP) is 3.74. The Balaban J connectivity index is 0.00000264. The fraction of sp³-hybridized carbons (Fsp3) is 0.632. The Kier molecular flexibility index (Phi) is 8.07. The first-order chi connectivity index (χ1) is 10.5. The average molecular weight is 339 g/mol. The van der Waals surface area contributed by atoms with Crippen molar-refractivity contribution in [3.05, 3.63) is 35.9 Å². The number of benzene rings is 1. The summed E-state index contributed by atoms with van der Waals surface area (Å²) in [5.41, 5.74) is 1.52. The van der Waals surface area contributed by atoms with E-state index in [4.69, 9.17) is 0 Å². The van der Waals surface area contributed by atoms with E-state index >= 15 is 0 Å². The molecule has 1 heterocycles. The van der Waals surface area contributed by atoms with Gasteiger partial charge in [-0.1, -0.05) is 51.1 Å². The van der Waals surface area contributed by atoms with Gasteiger partial charge in [-0.15, -0.1) is 12.4 Å². The van der Waals surface area contributed by atoms with E-state index in [1.807, 2.05) is 6.07 Å². The minimum atomic E-state index is 0. The van der Waals surface area contributed by atoms with E-state index < -0.39 is 0 Å². The van der Waals surface area contributed by atoms with Crippen LogP contribution in [0.4, 0.5) is 0 Å². The lowest BCUT2D eigenvalue weighted by atomic mass is 9.80. The summed E-state index contributed by atoms with van der Waals surface area (Å²) in [6.07, 6.45) is 2.86. The highest BCUT2D eigenvalue weighted by molar-refractivity contribution is 5.85. The van der Waals surface area contributed by atoms with Gasteiger partial charge in [0.15, 0.2) is 0 Å². The van der Waals surface area contributed by atoms with Gasteiger partial charge in [0.25, 0.3) is 0 Å². The number of carbonyl (C=O) groups is 1. The van der Waals surface area contributed by atoms with Gasteiger partial charge >= 0.3 is 0 Å². The second kappa shape index (κ2) is 9.29. The molecule has 1 atom stereocenters. The maximum Gasteiger partial charge on any atom is 0.220 e. The Bertz CT molecular complexity index is 470. The van der Waals surface area contributed by atoms with Crippen LogP contribution in [0.3, 0.4) is 0 Å². The fourth-order valence-electron chi connectivity index (χ4n) is 3.23. The van der Waals surface area contributed by atoms with Crippen molar-refractivity contribution in [2.45, 2.75) is 46.0 Å². The molecule has 1 aromatic carbocycles. The topological polar surface area (TPSA) is 41.1 Å². The second-order valence-electron chi connectivity index (χ2n) is 7.30. The summed E-state index contributed by atoms with van der Waals surface area (Å²) in [5.74, 6) is 0.937. The number of halogens is 1. The van der Waals surface area contributed by atoms with Gasteiger partial charge in [0.2, 0.25) is 5.91 Å². The largest absolute Gasteiger partial charge is 0.356 e. The monoisotopic (exact) mass is 338 g/mol. The number of rotatable bonds is 6. The molecule has 23 heavy (non-hydrogen) atoms. The molecule has 130 valence electrons. The van der Waals surface area contributed by atoms with Gasteiger partial charge in [0.1, 0.15) is 0 Å². The number of nitrogens with one attached hydrogen (secondary N) is 2. The Labute approximate surface area is 147 Å². The number of hydrogen-bond donors (Lipinski definition) is 2. The minimum absolute atomic E-state index is 0. The van der Waals surface area contributed by atoms with E-state index in [2.05, 4.69) is 55.7 Å². The molecular weight excluding hydrogens is 308 g/mol. The number of piperidine rings is 1. The molecule has 1 aromatic rings. The predicted molar refractivity (Wildman–Crippen MR) is 99.1 cm³/mol. The molecule has 0 saturated carbocycles. The third kappa shape index (κ3) is 6.15. The first-order valence-corrected chi connectivity index (χ1v) is 8.52. The SMILES string of the molecule is CC(C)C(CC(=O)NCC1(C)CCNCC1)c1ccccc1.Cl. The molecule has 1 fully saturated rings. The van der Waals surface area contributed by atoms with Crippen molar-refractivity contribution in [3.8, 4) is 0 Å².